The maximum absolute atomic E-state index is 11.6. The molecule has 3 N–H and O–H groups in total. The van der Waals surface area contributed by atoms with Gasteiger partial charge in [-0.05, 0) is 46.0 Å². The molecule has 0 heterocycles. The third-order valence-electron chi connectivity index (χ3n) is 3.05. The molecule has 2 amide bonds. The first-order chi connectivity index (χ1) is 9.19. The molecule has 1 aliphatic carbocycles. The second-order valence-corrected chi connectivity index (χ2v) is 6.13. The fourth-order valence-corrected chi connectivity index (χ4v) is 2.19. The first-order valence-electron chi connectivity index (χ1n) is 6.77. The molecule has 1 unspecified atom stereocenters. The van der Waals surface area contributed by atoms with Crippen LogP contribution in [0.25, 0.3) is 0 Å². The predicted octanol–water partition coefficient (Wildman–Crippen LogP) is 2.33. The van der Waals surface area contributed by atoms with Crippen LogP contribution in [0.4, 0.5) is 9.59 Å². The molecule has 0 bridgehead atoms. The molecule has 1 rings (SSSR count). The van der Waals surface area contributed by atoms with E-state index in [9.17, 15) is 9.59 Å². The maximum Gasteiger partial charge on any atom is 0.407 e. The third-order valence-corrected chi connectivity index (χ3v) is 3.05. The van der Waals surface area contributed by atoms with Crippen LogP contribution in [0.5, 0.6) is 0 Å². The summed E-state index contributed by atoms with van der Waals surface area (Å²) in [5.41, 5.74) is 4.48. The maximum atomic E-state index is 11.6. The van der Waals surface area contributed by atoms with E-state index >= 15 is 0 Å². The molecule has 114 valence electrons. The van der Waals surface area contributed by atoms with E-state index in [0.29, 0.717) is 12.3 Å². The zero-order chi connectivity index (χ0) is 15.3. The van der Waals surface area contributed by atoms with Crippen LogP contribution in [0.1, 0.15) is 40.0 Å². The Morgan fingerprint density at radius 3 is 2.50 bits per heavy atom. The summed E-state index contributed by atoms with van der Waals surface area (Å²) in [4.78, 5) is 22.2. The number of primary amides is 1. The fourth-order valence-electron chi connectivity index (χ4n) is 2.19. The van der Waals surface area contributed by atoms with Crippen molar-refractivity contribution in [1.29, 1.82) is 0 Å². The highest BCUT2D eigenvalue weighted by Crippen LogP contribution is 2.32. The van der Waals surface area contributed by atoms with Crippen LogP contribution in [-0.4, -0.2) is 29.9 Å². The van der Waals surface area contributed by atoms with Crippen molar-refractivity contribution in [2.45, 2.75) is 57.8 Å². The molecule has 0 aromatic heterocycles. The number of alkyl carbamates (subject to hydrolysis) is 1. The lowest BCUT2D eigenvalue weighted by atomic mass is 9.77. The number of hydrogen-bond acceptors (Lipinski definition) is 4. The molecule has 1 aliphatic rings. The van der Waals surface area contributed by atoms with Crippen molar-refractivity contribution in [3.63, 3.8) is 0 Å². The Balaban J connectivity index is 2.24. The van der Waals surface area contributed by atoms with Crippen LogP contribution in [0, 0.1) is 5.92 Å². The number of rotatable bonds is 5. The van der Waals surface area contributed by atoms with Crippen molar-refractivity contribution in [3.05, 3.63) is 12.7 Å². The Morgan fingerprint density at radius 1 is 1.45 bits per heavy atom. The molecule has 0 aromatic rings. The number of carbonyl (C=O) groups excluding carboxylic acids is 2. The molecule has 6 nitrogen and oxygen atoms in total. The zero-order valence-electron chi connectivity index (χ0n) is 12.3. The Hall–Kier alpha value is -1.72. The molecule has 1 fully saturated rings. The van der Waals surface area contributed by atoms with E-state index in [-0.39, 0.29) is 12.1 Å². The average Bonchev–Trinajstić information content (AvgIpc) is 2.21. The van der Waals surface area contributed by atoms with Gasteiger partial charge < -0.3 is 20.5 Å². The van der Waals surface area contributed by atoms with Gasteiger partial charge in [0.2, 0.25) is 0 Å². The summed E-state index contributed by atoms with van der Waals surface area (Å²) in [6, 6.07) is 0.119. The van der Waals surface area contributed by atoms with Gasteiger partial charge in [0.15, 0.2) is 0 Å². The van der Waals surface area contributed by atoms with Crippen molar-refractivity contribution in [1.82, 2.24) is 5.32 Å². The summed E-state index contributed by atoms with van der Waals surface area (Å²) < 4.78 is 10.1. The highest BCUT2D eigenvalue weighted by Gasteiger charge is 2.33. The Morgan fingerprint density at radius 2 is 2.05 bits per heavy atom. The van der Waals surface area contributed by atoms with Gasteiger partial charge in [0.25, 0.3) is 0 Å². The Kier molecular flexibility index (Phi) is 5.42. The van der Waals surface area contributed by atoms with Gasteiger partial charge in [-0.1, -0.05) is 12.7 Å². The van der Waals surface area contributed by atoms with Gasteiger partial charge in [-0.15, -0.1) is 0 Å². The molecule has 0 aliphatic heterocycles. The van der Waals surface area contributed by atoms with E-state index in [1.165, 1.54) is 0 Å². The minimum atomic E-state index is -0.794. The quantitative estimate of drug-likeness (QED) is 0.758. The van der Waals surface area contributed by atoms with Crippen molar-refractivity contribution < 1.29 is 19.1 Å². The molecule has 0 saturated heterocycles. The fraction of sp³-hybridized carbons (Fsp3) is 0.714. The van der Waals surface area contributed by atoms with Crippen LogP contribution < -0.4 is 11.1 Å². The second kappa shape index (κ2) is 6.63. The summed E-state index contributed by atoms with van der Waals surface area (Å²) in [7, 11) is 0. The van der Waals surface area contributed by atoms with Gasteiger partial charge >= 0.3 is 12.2 Å². The van der Waals surface area contributed by atoms with Gasteiger partial charge in [-0.25, -0.2) is 9.59 Å². The number of carbonyl (C=O) groups is 2. The number of hydrogen-bond donors (Lipinski definition) is 2. The van der Waals surface area contributed by atoms with E-state index in [1.54, 1.807) is 6.08 Å². The number of nitrogens with one attached hydrogen (secondary N) is 1. The number of nitrogens with two attached hydrogens (primary N) is 1. The van der Waals surface area contributed by atoms with Crippen LogP contribution in [0.3, 0.4) is 0 Å². The molecule has 1 atom stereocenters. The highest BCUT2D eigenvalue weighted by atomic mass is 16.6. The largest absolute Gasteiger partial charge is 0.444 e. The smallest absolute Gasteiger partial charge is 0.407 e. The lowest BCUT2D eigenvalue weighted by Gasteiger charge is -2.37. The predicted molar refractivity (Wildman–Crippen MR) is 75.2 cm³/mol. The minimum Gasteiger partial charge on any atom is -0.444 e. The van der Waals surface area contributed by atoms with E-state index in [1.807, 2.05) is 20.8 Å². The summed E-state index contributed by atoms with van der Waals surface area (Å²) in [6.07, 6.45) is 2.38. The van der Waals surface area contributed by atoms with Gasteiger partial charge in [-0.2, -0.15) is 0 Å². The summed E-state index contributed by atoms with van der Waals surface area (Å²) in [5, 5.41) is 2.82. The Bertz CT molecular complexity index is 370. The molecule has 0 aromatic carbocycles. The SMILES string of the molecule is C=CC(CC1CC(NC(=O)OC(C)(C)C)C1)OC(N)=O. The van der Waals surface area contributed by atoms with Crippen molar-refractivity contribution >= 4 is 12.2 Å². The highest BCUT2D eigenvalue weighted by molar-refractivity contribution is 5.68. The lowest BCUT2D eigenvalue weighted by molar-refractivity contribution is 0.0427. The molecule has 6 heteroatoms. The number of amides is 2. The van der Waals surface area contributed by atoms with Gasteiger partial charge in [0.1, 0.15) is 11.7 Å². The monoisotopic (exact) mass is 284 g/mol. The standard InChI is InChI=1S/C14H24N2O4/c1-5-11(19-12(15)17)8-9-6-10(7-9)16-13(18)20-14(2,3)4/h5,9-11H,1,6-8H2,2-4H3,(H2,15,17)(H,16,18). The lowest BCUT2D eigenvalue weighted by Crippen LogP contribution is -2.47. The van der Waals surface area contributed by atoms with Crippen LogP contribution in [0.15, 0.2) is 12.7 Å². The molecule has 1 saturated carbocycles. The van der Waals surface area contributed by atoms with Gasteiger partial charge in [0, 0.05) is 6.04 Å². The van der Waals surface area contributed by atoms with E-state index < -0.39 is 17.8 Å². The van der Waals surface area contributed by atoms with E-state index in [4.69, 9.17) is 15.2 Å². The normalized spacial score (nSPS) is 23.1. The summed E-state index contributed by atoms with van der Waals surface area (Å²) >= 11 is 0. The first kappa shape index (κ1) is 16.3. The van der Waals surface area contributed by atoms with Crippen molar-refractivity contribution in [2.75, 3.05) is 0 Å². The van der Waals surface area contributed by atoms with E-state index in [0.717, 1.165) is 12.8 Å². The minimum absolute atomic E-state index is 0.119. The number of ether oxygens (including phenoxy) is 2. The molecular formula is C14H24N2O4. The average molecular weight is 284 g/mol. The molecule has 0 spiro atoms. The van der Waals surface area contributed by atoms with Crippen LogP contribution in [-0.2, 0) is 9.47 Å². The third kappa shape index (κ3) is 5.95. The van der Waals surface area contributed by atoms with Gasteiger partial charge in [-0.3, -0.25) is 0 Å². The Labute approximate surface area is 119 Å². The zero-order valence-corrected chi connectivity index (χ0v) is 12.3. The molecule has 0 radical (unpaired) electrons. The van der Waals surface area contributed by atoms with Crippen LogP contribution >= 0.6 is 0 Å². The van der Waals surface area contributed by atoms with Crippen LogP contribution in [0.2, 0.25) is 0 Å². The second-order valence-electron chi connectivity index (χ2n) is 6.13. The summed E-state index contributed by atoms with van der Waals surface area (Å²) in [6.45, 7) is 9.09. The van der Waals surface area contributed by atoms with Crippen molar-refractivity contribution in [3.8, 4) is 0 Å². The molecule has 20 heavy (non-hydrogen) atoms. The topological polar surface area (TPSA) is 90.7 Å². The summed E-state index contributed by atoms with van der Waals surface area (Å²) in [5.74, 6) is 0.386. The molecular weight excluding hydrogens is 260 g/mol. The van der Waals surface area contributed by atoms with E-state index in [2.05, 4.69) is 11.9 Å². The van der Waals surface area contributed by atoms with Crippen molar-refractivity contribution in [2.24, 2.45) is 11.7 Å². The first-order valence-corrected chi connectivity index (χ1v) is 6.77. The van der Waals surface area contributed by atoms with Gasteiger partial charge in [0.05, 0.1) is 0 Å².